The summed E-state index contributed by atoms with van der Waals surface area (Å²) in [5, 5.41) is 4.15. The van der Waals surface area contributed by atoms with Crippen molar-refractivity contribution < 1.29 is 0 Å². The highest BCUT2D eigenvalue weighted by molar-refractivity contribution is 9.10. The molecule has 2 aromatic carbocycles. The summed E-state index contributed by atoms with van der Waals surface area (Å²) in [6, 6.07) is 17.8. The van der Waals surface area contributed by atoms with Crippen LogP contribution in [0.3, 0.4) is 0 Å². The standard InChI is InChI=1S/C13H11BrN2/c14-12-6-8-13(9-7-12)16-15-10-11-4-2-1-3-5-11/h1-10,16H. The molecule has 0 atom stereocenters. The highest BCUT2D eigenvalue weighted by Gasteiger charge is 1.89. The molecular formula is C13H11BrN2. The molecule has 0 bridgehead atoms. The van der Waals surface area contributed by atoms with Crippen molar-refractivity contribution in [2.24, 2.45) is 5.10 Å². The van der Waals surface area contributed by atoms with Gasteiger partial charge in [-0.3, -0.25) is 5.43 Å². The number of nitrogens with one attached hydrogen (secondary N) is 1. The summed E-state index contributed by atoms with van der Waals surface area (Å²) in [4.78, 5) is 0. The number of nitrogens with zero attached hydrogens (tertiary/aromatic N) is 1. The zero-order valence-corrected chi connectivity index (χ0v) is 10.2. The number of rotatable bonds is 3. The van der Waals surface area contributed by atoms with Crippen LogP contribution >= 0.6 is 15.9 Å². The molecule has 0 saturated heterocycles. The predicted molar refractivity (Wildman–Crippen MR) is 71.8 cm³/mol. The van der Waals surface area contributed by atoms with Crippen molar-refractivity contribution in [3.8, 4) is 0 Å². The fourth-order valence-electron chi connectivity index (χ4n) is 1.24. The van der Waals surface area contributed by atoms with E-state index in [1.54, 1.807) is 6.21 Å². The highest BCUT2D eigenvalue weighted by atomic mass is 79.9. The molecule has 0 aliphatic rings. The maximum Gasteiger partial charge on any atom is 0.0562 e. The van der Waals surface area contributed by atoms with Gasteiger partial charge in [-0.1, -0.05) is 46.3 Å². The van der Waals surface area contributed by atoms with Crippen LogP contribution < -0.4 is 5.43 Å². The Morgan fingerprint density at radius 2 is 1.62 bits per heavy atom. The molecule has 1 N–H and O–H groups in total. The lowest BCUT2D eigenvalue weighted by atomic mass is 10.2. The first kappa shape index (κ1) is 10.9. The molecule has 2 rings (SSSR count). The van der Waals surface area contributed by atoms with Crippen molar-refractivity contribution in [2.75, 3.05) is 5.43 Å². The fraction of sp³-hybridized carbons (Fsp3) is 0. The third kappa shape index (κ3) is 3.21. The molecule has 2 aromatic rings. The molecule has 0 spiro atoms. The van der Waals surface area contributed by atoms with E-state index >= 15 is 0 Å². The minimum absolute atomic E-state index is 0.968. The van der Waals surface area contributed by atoms with Crippen molar-refractivity contribution in [1.82, 2.24) is 0 Å². The minimum atomic E-state index is 0.968. The van der Waals surface area contributed by atoms with E-state index in [2.05, 4.69) is 26.5 Å². The summed E-state index contributed by atoms with van der Waals surface area (Å²) >= 11 is 3.38. The summed E-state index contributed by atoms with van der Waals surface area (Å²) in [7, 11) is 0. The average Bonchev–Trinajstić information content (AvgIpc) is 2.33. The number of halogens is 1. The van der Waals surface area contributed by atoms with Gasteiger partial charge in [-0.05, 0) is 29.8 Å². The molecule has 0 aliphatic heterocycles. The third-order valence-corrected chi connectivity index (χ3v) is 2.58. The first-order valence-corrected chi connectivity index (χ1v) is 5.73. The largest absolute Gasteiger partial charge is 0.279 e. The molecule has 0 unspecified atom stereocenters. The van der Waals surface area contributed by atoms with E-state index in [0.29, 0.717) is 0 Å². The van der Waals surface area contributed by atoms with Crippen molar-refractivity contribution in [2.45, 2.75) is 0 Å². The lowest BCUT2D eigenvalue weighted by Crippen LogP contribution is -1.89. The van der Waals surface area contributed by atoms with Crippen LogP contribution in [-0.4, -0.2) is 6.21 Å². The van der Waals surface area contributed by atoms with Gasteiger partial charge in [0.25, 0.3) is 0 Å². The van der Waals surface area contributed by atoms with Gasteiger partial charge in [0.15, 0.2) is 0 Å². The number of anilines is 1. The lowest BCUT2D eigenvalue weighted by Gasteiger charge is -1.99. The molecule has 0 amide bonds. The smallest absolute Gasteiger partial charge is 0.0562 e. The molecule has 0 aromatic heterocycles. The second-order valence-corrected chi connectivity index (χ2v) is 4.20. The van der Waals surface area contributed by atoms with Gasteiger partial charge in [-0.2, -0.15) is 5.10 Å². The maximum atomic E-state index is 4.15. The van der Waals surface area contributed by atoms with Gasteiger partial charge >= 0.3 is 0 Å². The van der Waals surface area contributed by atoms with Crippen LogP contribution in [0.2, 0.25) is 0 Å². The van der Waals surface area contributed by atoms with Gasteiger partial charge in [0.2, 0.25) is 0 Å². The second-order valence-electron chi connectivity index (χ2n) is 3.29. The molecule has 0 aliphatic carbocycles. The Labute approximate surface area is 103 Å². The zero-order chi connectivity index (χ0) is 11.2. The number of hydrogen-bond acceptors (Lipinski definition) is 2. The summed E-state index contributed by atoms with van der Waals surface area (Å²) in [5.74, 6) is 0. The maximum absolute atomic E-state index is 4.15. The van der Waals surface area contributed by atoms with Crippen LogP contribution in [0.4, 0.5) is 5.69 Å². The van der Waals surface area contributed by atoms with E-state index < -0.39 is 0 Å². The molecule has 0 heterocycles. The molecule has 0 fully saturated rings. The van der Waals surface area contributed by atoms with Crippen LogP contribution in [0.1, 0.15) is 5.56 Å². The van der Waals surface area contributed by atoms with Crippen LogP contribution in [-0.2, 0) is 0 Å². The van der Waals surface area contributed by atoms with Gasteiger partial charge < -0.3 is 0 Å². The second kappa shape index (κ2) is 5.47. The first-order chi connectivity index (χ1) is 7.84. The Kier molecular flexibility index (Phi) is 3.72. The topological polar surface area (TPSA) is 24.4 Å². The summed E-state index contributed by atoms with van der Waals surface area (Å²) < 4.78 is 1.06. The van der Waals surface area contributed by atoms with E-state index in [1.807, 2.05) is 54.6 Å². The summed E-state index contributed by atoms with van der Waals surface area (Å²) in [6.45, 7) is 0. The van der Waals surface area contributed by atoms with Gasteiger partial charge in [0, 0.05) is 4.47 Å². The van der Waals surface area contributed by atoms with E-state index in [9.17, 15) is 0 Å². The van der Waals surface area contributed by atoms with E-state index in [-0.39, 0.29) is 0 Å². The lowest BCUT2D eigenvalue weighted by molar-refractivity contribution is 1.35. The van der Waals surface area contributed by atoms with Crippen LogP contribution in [0.25, 0.3) is 0 Å². The number of hydrazone groups is 1. The molecule has 0 saturated carbocycles. The molecule has 0 radical (unpaired) electrons. The van der Waals surface area contributed by atoms with E-state index in [0.717, 1.165) is 15.7 Å². The van der Waals surface area contributed by atoms with Crippen molar-refractivity contribution >= 4 is 27.8 Å². The Hall–Kier alpha value is -1.61. The third-order valence-electron chi connectivity index (χ3n) is 2.05. The van der Waals surface area contributed by atoms with Gasteiger partial charge in [0.1, 0.15) is 0 Å². The quantitative estimate of drug-likeness (QED) is 0.667. The van der Waals surface area contributed by atoms with Crippen LogP contribution in [0, 0.1) is 0 Å². The first-order valence-electron chi connectivity index (χ1n) is 4.94. The van der Waals surface area contributed by atoms with Gasteiger partial charge in [-0.15, -0.1) is 0 Å². The minimum Gasteiger partial charge on any atom is -0.279 e. The van der Waals surface area contributed by atoms with Gasteiger partial charge in [-0.25, -0.2) is 0 Å². The fourth-order valence-corrected chi connectivity index (χ4v) is 1.51. The van der Waals surface area contributed by atoms with Crippen LogP contribution in [0.15, 0.2) is 64.2 Å². The van der Waals surface area contributed by atoms with Crippen molar-refractivity contribution in [1.29, 1.82) is 0 Å². The highest BCUT2D eigenvalue weighted by Crippen LogP contribution is 2.13. The number of hydrogen-bond donors (Lipinski definition) is 1. The van der Waals surface area contributed by atoms with Crippen molar-refractivity contribution in [3.05, 3.63) is 64.6 Å². The average molecular weight is 275 g/mol. The Bertz CT molecular complexity index is 463. The monoisotopic (exact) mass is 274 g/mol. The summed E-state index contributed by atoms with van der Waals surface area (Å²) in [5.41, 5.74) is 5.01. The predicted octanol–water partition coefficient (Wildman–Crippen LogP) is 3.90. The summed E-state index contributed by atoms with van der Waals surface area (Å²) in [6.07, 6.45) is 1.79. The van der Waals surface area contributed by atoms with Crippen molar-refractivity contribution in [3.63, 3.8) is 0 Å². The Morgan fingerprint density at radius 1 is 0.938 bits per heavy atom. The SMILES string of the molecule is Brc1ccc(NN=Cc2ccccc2)cc1. The van der Waals surface area contributed by atoms with Gasteiger partial charge in [0.05, 0.1) is 11.9 Å². The van der Waals surface area contributed by atoms with Crippen LogP contribution in [0.5, 0.6) is 0 Å². The van der Waals surface area contributed by atoms with E-state index in [1.165, 1.54) is 0 Å². The number of benzene rings is 2. The normalized spacial score (nSPS) is 10.6. The Morgan fingerprint density at radius 3 is 2.31 bits per heavy atom. The van der Waals surface area contributed by atoms with E-state index in [4.69, 9.17) is 0 Å². The molecule has 2 nitrogen and oxygen atoms in total. The molecule has 16 heavy (non-hydrogen) atoms. The molecule has 80 valence electrons. The molecular weight excluding hydrogens is 264 g/mol. The Balaban J connectivity index is 1.97. The zero-order valence-electron chi connectivity index (χ0n) is 8.60. The molecule has 3 heteroatoms.